The summed E-state index contributed by atoms with van der Waals surface area (Å²) in [6.07, 6.45) is 14.5. The van der Waals surface area contributed by atoms with Crippen molar-refractivity contribution in [2.24, 2.45) is 5.41 Å². The number of nitrogens with zero attached hydrogens (tertiary/aromatic N) is 2. The Morgan fingerprint density at radius 1 is 0.597 bits per heavy atom. The first kappa shape index (κ1) is 43.3. The van der Waals surface area contributed by atoms with Gasteiger partial charge in [0, 0.05) is 39.2 Å². The zero-order chi connectivity index (χ0) is 47.2. The number of aryl methyl sites for hydroxylation is 1. The Kier molecular flexibility index (Phi) is 8.82. The van der Waals surface area contributed by atoms with Gasteiger partial charge in [-0.15, -0.1) is 0 Å². The summed E-state index contributed by atoms with van der Waals surface area (Å²) in [6, 6.07) is 32.1. The normalized spacial score (nSPS) is 23.1. The molecule has 5 aromatic carbocycles. The Morgan fingerprint density at radius 3 is 1.81 bits per heavy atom. The van der Waals surface area contributed by atoms with Gasteiger partial charge in [-0.05, 0) is 195 Å². The van der Waals surface area contributed by atoms with Crippen molar-refractivity contribution in [3.05, 3.63) is 136 Å². The van der Waals surface area contributed by atoms with Gasteiger partial charge in [-0.1, -0.05) is 132 Å². The molecule has 3 nitrogen and oxygen atoms in total. The summed E-state index contributed by atoms with van der Waals surface area (Å²) >= 11 is 0. The molecule has 12 rings (SSSR count). The van der Waals surface area contributed by atoms with Crippen LogP contribution in [0.4, 0.5) is 34.1 Å². The fourth-order valence-electron chi connectivity index (χ4n) is 14.3. The van der Waals surface area contributed by atoms with Gasteiger partial charge in [0.05, 0.1) is 11.3 Å². The van der Waals surface area contributed by atoms with E-state index in [4.69, 9.17) is 4.42 Å². The Labute approximate surface area is 402 Å². The van der Waals surface area contributed by atoms with Gasteiger partial charge in [-0.2, -0.15) is 0 Å². The van der Waals surface area contributed by atoms with Gasteiger partial charge in [0.15, 0.2) is 0 Å². The molecular formula is C63H73BN2O. The Hall–Kier alpha value is -4.96. The van der Waals surface area contributed by atoms with Gasteiger partial charge in [-0.3, -0.25) is 0 Å². The molecule has 3 heterocycles. The number of fused-ring (bicyclic) bond motifs is 9. The minimum Gasteiger partial charge on any atom is -0.468 e. The van der Waals surface area contributed by atoms with Crippen LogP contribution in [0.2, 0.25) is 0 Å². The van der Waals surface area contributed by atoms with E-state index in [1.54, 1.807) is 0 Å². The van der Waals surface area contributed by atoms with Crippen LogP contribution in [0.5, 0.6) is 0 Å². The highest BCUT2D eigenvalue weighted by atomic mass is 16.3. The molecule has 0 amide bonds. The summed E-state index contributed by atoms with van der Waals surface area (Å²) in [5.41, 5.74) is 24.4. The third-order valence-corrected chi connectivity index (χ3v) is 19.0. The molecule has 1 aromatic heterocycles. The predicted molar refractivity (Wildman–Crippen MR) is 286 cm³/mol. The number of hydrogen-bond acceptors (Lipinski definition) is 3. The molecule has 2 aliphatic heterocycles. The number of benzene rings is 5. The molecule has 67 heavy (non-hydrogen) atoms. The molecule has 6 aromatic rings. The van der Waals surface area contributed by atoms with Crippen LogP contribution in [0.3, 0.4) is 0 Å². The van der Waals surface area contributed by atoms with Crippen LogP contribution in [0.25, 0.3) is 11.0 Å². The lowest BCUT2D eigenvalue weighted by atomic mass is 9.35. The van der Waals surface area contributed by atoms with Crippen LogP contribution >= 0.6 is 0 Å². The summed E-state index contributed by atoms with van der Waals surface area (Å²) < 4.78 is 7.67. The third kappa shape index (κ3) is 5.96. The summed E-state index contributed by atoms with van der Waals surface area (Å²) in [6.45, 7) is 34.0. The van der Waals surface area contributed by atoms with E-state index in [0.29, 0.717) is 0 Å². The number of rotatable bonds is 2. The van der Waals surface area contributed by atoms with E-state index in [9.17, 15) is 0 Å². The molecule has 6 aliphatic rings. The van der Waals surface area contributed by atoms with Gasteiger partial charge in [-0.25, -0.2) is 0 Å². The highest BCUT2D eigenvalue weighted by Gasteiger charge is 2.54. The number of furan rings is 1. The topological polar surface area (TPSA) is 19.6 Å². The molecule has 0 saturated carbocycles. The van der Waals surface area contributed by atoms with Crippen LogP contribution in [0.1, 0.15) is 179 Å². The Balaban J connectivity index is 1.20. The standard InChI is InChI=1S/C63H73BN2O/c1-38-31-51-54-52(32-38)66(49-20-18-19-43-42(49)37-63(62(43,13)14)25-16-15-17-26-63)50-35-46-45(59(7,8)28-29-60(46,9)10)34-48(50)64(54)56-55(65(51)40-23-21-39(22-24-40)57(2,3)4)41-33-44-47(36-53(41)67-56)61(11,12)30-27-58(44,5)6/h16,18-25,31-36H,15,17,26-30,37H2,1-14H3. The Morgan fingerprint density at radius 2 is 1.19 bits per heavy atom. The summed E-state index contributed by atoms with van der Waals surface area (Å²) in [4.78, 5) is 5.35. The summed E-state index contributed by atoms with van der Waals surface area (Å²) in [5, 5.41) is 1.23. The number of hydrogen-bond donors (Lipinski definition) is 0. The first-order chi connectivity index (χ1) is 31.4. The van der Waals surface area contributed by atoms with E-state index in [1.807, 2.05) is 0 Å². The minimum atomic E-state index is -0.0886. The largest absolute Gasteiger partial charge is 0.468 e. The molecule has 4 heteroatoms. The SMILES string of the molecule is Cc1cc2c3c(c1)N(c1ccc(C(C)(C)C)cc1)c1c(oc4cc5c(cc14)C(C)(C)CCC5(C)C)B3c1cc3c(cc1N2c1cccc2c1CC1(C=CCCC1)C2(C)C)C(C)(C)CCC3(C)C. The van der Waals surface area contributed by atoms with E-state index < -0.39 is 0 Å². The van der Waals surface area contributed by atoms with Gasteiger partial charge in [0.2, 0.25) is 0 Å². The quantitative estimate of drug-likeness (QED) is 0.127. The number of allylic oxidation sites excluding steroid dienone is 2. The van der Waals surface area contributed by atoms with Crippen molar-refractivity contribution in [2.45, 2.75) is 181 Å². The summed E-state index contributed by atoms with van der Waals surface area (Å²) in [7, 11) is 0. The van der Waals surface area contributed by atoms with Gasteiger partial charge in [0.1, 0.15) is 5.58 Å². The monoisotopic (exact) mass is 885 g/mol. The molecule has 0 N–H and O–H groups in total. The zero-order valence-corrected chi connectivity index (χ0v) is 43.2. The fourth-order valence-corrected chi connectivity index (χ4v) is 14.3. The first-order valence-corrected chi connectivity index (χ1v) is 25.9. The lowest BCUT2D eigenvalue weighted by molar-refractivity contribution is 0.208. The fraction of sp³-hybridized carbons (Fsp3) is 0.460. The minimum absolute atomic E-state index is 0.0196. The van der Waals surface area contributed by atoms with Crippen LogP contribution in [0, 0.1) is 12.3 Å². The highest BCUT2D eigenvalue weighted by Crippen LogP contribution is 2.60. The van der Waals surface area contributed by atoms with Crippen molar-refractivity contribution in [2.75, 3.05) is 9.80 Å². The molecule has 1 spiro atoms. The van der Waals surface area contributed by atoms with Gasteiger partial charge < -0.3 is 14.2 Å². The molecule has 344 valence electrons. The van der Waals surface area contributed by atoms with E-state index in [0.717, 1.165) is 17.7 Å². The second kappa shape index (κ2) is 13.6. The van der Waals surface area contributed by atoms with Crippen molar-refractivity contribution in [3.63, 3.8) is 0 Å². The average molecular weight is 885 g/mol. The molecule has 4 aliphatic carbocycles. The van der Waals surface area contributed by atoms with E-state index in [-0.39, 0.29) is 44.6 Å². The molecular weight excluding hydrogens is 812 g/mol. The van der Waals surface area contributed by atoms with Crippen LogP contribution in [-0.4, -0.2) is 6.71 Å². The highest BCUT2D eigenvalue weighted by molar-refractivity contribution is 7.00. The molecule has 0 radical (unpaired) electrons. The van der Waals surface area contributed by atoms with Crippen LogP contribution in [-0.2, 0) is 38.9 Å². The zero-order valence-electron chi connectivity index (χ0n) is 43.2. The van der Waals surface area contributed by atoms with Crippen LogP contribution < -0.4 is 26.4 Å². The van der Waals surface area contributed by atoms with Gasteiger partial charge in [0.25, 0.3) is 6.71 Å². The maximum atomic E-state index is 7.67. The molecule has 0 bridgehead atoms. The van der Waals surface area contributed by atoms with Crippen molar-refractivity contribution in [3.8, 4) is 0 Å². The van der Waals surface area contributed by atoms with E-state index in [1.165, 1.54) is 140 Å². The van der Waals surface area contributed by atoms with Gasteiger partial charge >= 0.3 is 0 Å². The maximum absolute atomic E-state index is 7.67. The third-order valence-electron chi connectivity index (χ3n) is 19.0. The van der Waals surface area contributed by atoms with Crippen molar-refractivity contribution < 1.29 is 4.42 Å². The first-order valence-electron chi connectivity index (χ1n) is 25.9. The van der Waals surface area contributed by atoms with Crippen LogP contribution in [0.15, 0.2) is 95.4 Å². The Bertz CT molecular complexity index is 3130. The maximum Gasteiger partial charge on any atom is 0.297 e. The van der Waals surface area contributed by atoms with Crippen molar-refractivity contribution in [1.29, 1.82) is 0 Å². The lowest BCUT2D eigenvalue weighted by Gasteiger charge is -2.47. The smallest absolute Gasteiger partial charge is 0.297 e. The number of anilines is 6. The second-order valence-electron chi connectivity index (χ2n) is 26.4. The predicted octanol–water partition coefficient (Wildman–Crippen LogP) is 15.4. The second-order valence-corrected chi connectivity index (χ2v) is 26.4. The molecule has 1 atom stereocenters. The molecule has 0 fully saturated rings. The van der Waals surface area contributed by atoms with Crippen molar-refractivity contribution >= 4 is 68.4 Å². The average Bonchev–Trinajstić information content (AvgIpc) is 3.74. The lowest BCUT2D eigenvalue weighted by Crippen LogP contribution is -2.61. The van der Waals surface area contributed by atoms with E-state index in [2.05, 4.69) is 198 Å². The molecule has 0 saturated heterocycles. The van der Waals surface area contributed by atoms with Crippen molar-refractivity contribution in [1.82, 2.24) is 0 Å². The summed E-state index contributed by atoms with van der Waals surface area (Å²) in [5.74, 6) is 0. The van der Waals surface area contributed by atoms with E-state index >= 15 is 0 Å². The molecule has 1 unspecified atom stereocenters.